The molecule has 0 spiro atoms. The van der Waals surface area contributed by atoms with Crippen LogP contribution in [-0.4, -0.2) is 22.0 Å². The van der Waals surface area contributed by atoms with Gasteiger partial charge >= 0.3 is 0 Å². The lowest BCUT2D eigenvalue weighted by Gasteiger charge is -2.37. The molecule has 0 radical (unpaired) electrons. The third-order valence-corrected chi connectivity index (χ3v) is 7.72. The van der Waals surface area contributed by atoms with Gasteiger partial charge in [-0.05, 0) is 79.3 Å². The molecule has 3 aromatic carbocycles. The van der Waals surface area contributed by atoms with Crippen LogP contribution in [0.2, 0.25) is 15.1 Å². The molecule has 36 heavy (non-hydrogen) atoms. The Morgan fingerprint density at radius 3 is 2.06 bits per heavy atom. The van der Waals surface area contributed by atoms with Gasteiger partial charge in [0.05, 0.1) is 11.1 Å². The van der Waals surface area contributed by atoms with Crippen LogP contribution in [0.25, 0.3) is 10.8 Å². The van der Waals surface area contributed by atoms with Gasteiger partial charge < -0.3 is 9.72 Å². The number of benzene rings is 3. The van der Waals surface area contributed by atoms with Crippen molar-refractivity contribution in [3.63, 3.8) is 0 Å². The van der Waals surface area contributed by atoms with Gasteiger partial charge in [0.1, 0.15) is 5.75 Å². The van der Waals surface area contributed by atoms with Crippen molar-refractivity contribution in [3.05, 3.63) is 109 Å². The summed E-state index contributed by atoms with van der Waals surface area (Å²) in [5, 5.41) is 3.27. The molecule has 1 aromatic heterocycles. The van der Waals surface area contributed by atoms with Gasteiger partial charge in [0.25, 0.3) is 5.56 Å². The third kappa shape index (κ3) is 5.90. The minimum Gasteiger partial charge on any atom is -0.489 e. The van der Waals surface area contributed by atoms with E-state index in [-0.39, 0.29) is 11.7 Å². The lowest BCUT2D eigenvalue weighted by molar-refractivity contribution is 0.0795. The monoisotopic (exact) mass is 540 g/mol. The predicted molar refractivity (Wildman–Crippen MR) is 148 cm³/mol. The Hall–Kier alpha value is -2.50. The first-order chi connectivity index (χ1) is 17.5. The maximum atomic E-state index is 12.1. The highest BCUT2D eigenvalue weighted by Crippen LogP contribution is 2.35. The Bertz CT molecular complexity index is 1370. The molecule has 1 fully saturated rings. The molecular weight excluding hydrogens is 515 g/mol. The molecule has 4 aromatic rings. The lowest BCUT2D eigenvalue weighted by atomic mass is 9.91. The van der Waals surface area contributed by atoms with Crippen LogP contribution in [0.15, 0.2) is 77.7 Å². The number of pyridine rings is 1. The second-order valence-electron chi connectivity index (χ2n) is 9.36. The normalized spacial score (nSPS) is 18.0. The second kappa shape index (κ2) is 11.3. The van der Waals surface area contributed by atoms with E-state index >= 15 is 0 Å². The molecule has 1 aliphatic carbocycles. The first-order valence-corrected chi connectivity index (χ1v) is 13.3. The van der Waals surface area contributed by atoms with Crippen LogP contribution in [0.5, 0.6) is 5.75 Å². The summed E-state index contributed by atoms with van der Waals surface area (Å²) >= 11 is 19.1. The van der Waals surface area contributed by atoms with Crippen molar-refractivity contribution in [2.45, 2.75) is 50.9 Å². The number of fused-ring (bicyclic) bond motifs is 1. The molecular formula is C29H27Cl3N2O2. The highest BCUT2D eigenvalue weighted by Gasteiger charge is 2.28. The molecule has 0 atom stereocenters. The van der Waals surface area contributed by atoms with Crippen LogP contribution in [0.4, 0.5) is 0 Å². The molecule has 1 saturated carbocycles. The number of aromatic nitrogens is 1. The quantitative estimate of drug-likeness (QED) is 0.259. The summed E-state index contributed by atoms with van der Waals surface area (Å²) in [5.41, 5.74) is 2.24. The van der Waals surface area contributed by atoms with E-state index in [1.165, 1.54) is 11.1 Å². The van der Waals surface area contributed by atoms with Gasteiger partial charge in [-0.15, -0.1) is 0 Å². The summed E-state index contributed by atoms with van der Waals surface area (Å²) in [5.74, 6) is 0.632. The zero-order valence-electron chi connectivity index (χ0n) is 19.7. The molecule has 0 amide bonds. The van der Waals surface area contributed by atoms with Crippen LogP contribution >= 0.6 is 34.8 Å². The zero-order chi connectivity index (χ0) is 25.1. The Morgan fingerprint density at radius 2 is 1.44 bits per heavy atom. The summed E-state index contributed by atoms with van der Waals surface area (Å²) in [6.07, 6.45) is 5.57. The van der Waals surface area contributed by atoms with Crippen molar-refractivity contribution >= 4 is 45.6 Å². The summed E-state index contributed by atoms with van der Waals surface area (Å²) < 4.78 is 6.33. The van der Waals surface area contributed by atoms with Crippen molar-refractivity contribution in [3.8, 4) is 5.75 Å². The molecule has 1 N–H and O–H groups in total. The molecule has 186 valence electrons. The molecule has 5 rings (SSSR count). The topological polar surface area (TPSA) is 45.3 Å². The molecule has 7 heteroatoms. The Balaban J connectivity index is 1.29. The van der Waals surface area contributed by atoms with Gasteiger partial charge in [-0.2, -0.15) is 0 Å². The van der Waals surface area contributed by atoms with Crippen LogP contribution in [0.1, 0.15) is 36.8 Å². The summed E-state index contributed by atoms with van der Waals surface area (Å²) in [7, 11) is 0. The fourth-order valence-electron chi connectivity index (χ4n) is 5.06. The fourth-order valence-corrected chi connectivity index (χ4v) is 5.76. The number of hydrogen-bond donors (Lipinski definition) is 1. The smallest absolute Gasteiger partial charge is 0.255 e. The number of nitrogens with one attached hydrogen (secondary N) is 1. The number of ether oxygens (including phenoxy) is 1. The van der Waals surface area contributed by atoms with Crippen molar-refractivity contribution in [2.75, 3.05) is 0 Å². The summed E-state index contributed by atoms with van der Waals surface area (Å²) in [6.45, 7) is 1.63. The molecule has 0 bridgehead atoms. The molecule has 0 aliphatic heterocycles. The van der Waals surface area contributed by atoms with E-state index in [1.807, 2.05) is 42.5 Å². The Kier molecular flexibility index (Phi) is 7.87. The van der Waals surface area contributed by atoms with E-state index in [0.29, 0.717) is 27.6 Å². The van der Waals surface area contributed by atoms with E-state index in [0.717, 1.165) is 48.8 Å². The van der Waals surface area contributed by atoms with Gasteiger partial charge in [0.2, 0.25) is 0 Å². The third-order valence-electron chi connectivity index (χ3n) is 6.86. The number of halogens is 3. The molecule has 0 saturated heterocycles. The number of rotatable bonds is 7. The average molecular weight is 542 g/mol. The summed E-state index contributed by atoms with van der Waals surface area (Å²) in [4.78, 5) is 17.3. The number of H-pyrrole nitrogens is 1. The van der Waals surface area contributed by atoms with E-state index in [1.54, 1.807) is 18.3 Å². The van der Waals surface area contributed by atoms with Crippen molar-refractivity contribution in [1.82, 2.24) is 9.88 Å². The molecule has 1 heterocycles. The first kappa shape index (κ1) is 25.2. The van der Waals surface area contributed by atoms with Crippen molar-refractivity contribution in [2.24, 2.45) is 0 Å². The molecule has 4 nitrogen and oxygen atoms in total. The molecule has 0 unspecified atom stereocenters. The van der Waals surface area contributed by atoms with Crippen LogP contribution in [0.3, 0.4) is 0 Å². The standard InChI is InChI=1S/C29H27Cl3N2O2/c30-21-5-1-3-19(15-21)17-34(18-20-4-2-6-22(31)16-20)23-7-9-24(10-8-23)36-27-12-11-26-25(28(27)32)13-14-33-29(26)35/h1-6,11-16,23-24H,7-10,17-18H2,(H,33,35)/t23-,24+. The SMILES string of the molecule is O=c1[nH]ccc2c(Cl)c(O[C@H]3CC[C@@H](N(Cc4cccc(Cl)c4)Cc4cccc(Cl)c4)CC3)ccc12. The largest absolute Gasteiger partial charge is 0.489 e. The van der Waals surface area contributed by atoms with E-state index < -0.39 is 0 Å². The predicted octanol–water partition coefficient (Wildman–Crippen LogP) is 7.88. The lowest BCUT2D eigenvalue weighted by Crippen LogP contribution is -2.39. The van der Waals surface area contributed by atoms with E-state index in [9.17, 15) is 4.79 Å². The van der Waals surface area contributed by atoms with Crippen molar-refractivity contribution < 1.29 is 4.74 Å². The van der Waals surface area contributed by atoms with Crippen molar-refractivity contribution in [1.29, 1.82) is 0 Å². The highest BCUT2D eigenvalue weighted by atomic mass is 35.5. The minimum absolute atomic E-state index is 0.0809. The number of nitrogens with zero attached hydrogens (tertiary/aromatic N) is 1. The van der Waals surface area contributed by atoms with Crippen LogP contribution in [0, 0.1) is 0 Å². The van der Waals surface area contributed by atoms with Gasteiger partial charge in [0, 0.05) is 46.1 Å². The van der Waals surface area contributed by atoms with Crippen LogP contribution in [-0.2, 0) is 13.1 Å². The first-order valence-electron chi connectivity index (χ1n) is 12.2. The Labute approximate surface area is 225 Å². The fraction of sp³-hybridized carbons (Fsp3) is 0.276. The van der Waals surface area contributed by atoms with Gasteiger partial charge in [0.15, 0.2) is 0 Å². The number of hydrogen-bond acceptors (Lipinski definition) is 3. The van der Waals surface area contributed by atoms with Gasteiger partial charge in [-0.25, -0.2) is 0 Å². The van der Waals surface area contributed by atoms with Gasteiger partial charge in [-0.3, -0.25) is 9.69 Å². The minimum atomic E-state index is -0.152. The van der Waals surface area contributed by atoms with E-state index in [4.69, 9.17) is 39.5 Å². The Morgan fingerprint density at radius 1 is 0.806 bits per heavy atom. The second-order valence-corrected chi connectivity index (χ2v) is 10.6. The highest BCUT2D eigenvalue weighted by molar-refractivity contribution is 6.37. The van der Waals surface area contributed by atoms with Crippen LogP contribution < -0.4 is 10.3 Å². The summed E-state index contributed by atoms with van der Waals surface area (Å²) in [6, 6.07) is 21.9. The zero-order valence-corrected chi connectivity index (χ0v) is 22.0. The average Bonchev–Trinajstić information content (AvgIpc) is 2.86. The van der Waals surface area contributed by atoms with Gasteiger partial charge in [-0.1, -0.05) is 59.1 Å². The number of aromatic amines is 1. The maximum Gasteiger partial charge on any atom is 0.255 e. The van der Waals surface area contributed by atoms with E-state index in [2.05, 4.69) is 22.0 Å². The maximum absolute atomic E-state index is 12.1. The molecule has 1 aliphatic rings.